The van der Waals surface area contributed by atoms with Crippen molar-refractivity contribution in [1.29, 1.82) is 0 Å². The molecule has 1 aliphatic rings. The third-order valence-corrected chi connectivity index (χ3v) is 5.32. The Morgan fingerprint density at radius 1 is 1.24 bits per heavy atom. The van der Waals surface area contributed by atoms with Crippen molar-refractivity contribution < 1.29 is 9.53 Å². The highest BCUT2D eigenvalue weighted by Crippen LogP contribution is 2.26. The summed E-state index contributed by atoms with van der Waals surface area (Å²) >= 11 is 3.46. The van der Waals surface area contributed by atoms with E-state index in [1.165, 1.54) is 0 Å². The van der Waals surface area contributed by atoms with Crippen LogP contribution in [0.2, 0.25) is 0 Å². The molecule has 0 unspecified atom stereocenters. The Kier molecular flexibility index (Phi) is 5.20. The van der Waals surface area contributed by atoms with E-state index in [4.69, 9.17) is 4.74 Å². The van der Waals surface area contributed by atoms with Gasteiger partial charge in [0.1, 0.15) is 10.2 Å². The molecule has 0 atom stereocenters. The van der Waals surface area contributed by atoms with Gasteiger partial charge in [-0.15, -0.1) is 0 Å². The highest BCUT2D eigenvalue weighted by Gasteiger charge is 2.27. The van der Waals surface area contributed by atoms with Crippen LogP contribution in [0.5, 0.6) is 0 Å². The molecule has 154 valence electrons. The summed E-state index contributed by atoms with van der Waals surface area (Å²) in [6.07, 6.45) is 10.5. The van der Waals surface area contributed by atoms with Crippen LogP contribution in [0.4, 0.5) is 16.3 Å². The number of hydrogen-bond acceptors (Lipinski definition) is 6. The largest absolute Gasteiger partial charge is 0.444 e. The van der Waals surface area contributed by atoms with Gasteiger partial charge < -0.3 is 15.0 Å². The number of halogens is 1. The lowest BCUT2D eigenvalue weighted by Crippen LogP contribution is -2.42. The van der Waals surface area contributed by atoms with E-state index in [0.717, 1.165) is 28.8 Å². The van der Waals surface area contributed by atoms with Crippen LogP contribution in [-0.2, 0) is 4.74 Å². The smallest absolute Gasteiger partial charge is 0.410 e. The summed E-state index contributed by atoms with van der Waals surface area (Å²) in [6.45, 7) is 6.96. The Balaban J connectivity index is 1.39. The Hall–Kier alpha value is -2.62. The minimum absolute atomic E-state index is 0.244. The summed E-state index contributed by atoms with van der Waals surface area (Å²) < 4.78 is 10.2. The molecular weight excluding hydrogens is 438 g/mol. The van der Waals surface area contributed by atoms with E-state index in [0.29, 0.717) is 18.9 Å². The van der Waals surface area contributed by atoms with Crippen molar-refractivity contribution in [2.75, 3.05) is 18.4 Å². The van der Waals surface area contributed by atoms with Gasteiger partial charge in [0.2, 0.25) is 0 Å². The fourth-order valence-corrected chi connectivity index (χ4v) is 3.74. The van der Waals surface area contributed by atoms with Crippen molar-refractivity contribution in [2.45, 2.75) is 45.3 Å². The molecule has 3 aromatic heterocycles. The van der Waals surface area contributed by atoms with Gasteiger partial charge in [-0.05, 0) is 49.5 Å². The molecule has 9 nitrogen and oxygen atoms in total. The number of likely N-dealkylation sites (tertiary alicyclic amines) is 1. The van der Waals surface area contributed by atoms with Gasteiger partial charge in [0.05, 0.1) is 24.1 Å². The topological polar surface area (TPSA) is 89.6 Å². The number of aromatic nitrogens is 5. The lowest BCUT2D eigenvalue weighted by molar-refractivity contribution is 0.0185. The number of nitrogens with one attached hydrogen (secondary N) is 1. The number of nitrogens with zero attached hydrogens (tertiary/aromatic N) is 6. The highest BCUT2D eigenvalue weighted by atomic mass is 79.9. The molecule has 1 aliphatic heterocycles. The van der Waals surface area contributed by atoms with Crippen molar-refractivity contribution in [2.24, 2.45) is 0 Å². The minimum atomic E-state index is -0.474. The fraction of sp³-hybridized carbons (Fsp3) is 0.474. The molecule has 1 saturated heterocycles. The van der Waals surface area contributed by atoms with Gasteiger partial charge in [0, 0.05) is 31.7 Å². The van der Waals surface area contributed by atoms with E-state index >= 15 is 0 Å². The van der Waals surface area contributed by atoms with Gasteiger partial charge in [-0.25, -0.2) is 14.8 Å². The summed E-state index contributed by atoms with van der Waals surface area (Å²) in [7, 11) is 0. The van der Waals surface area contributed by atoms with E-state index in [9.17, 15) is 4.79 Å². The summed E-state index contributed by atoms with van der Waals surface area (Å²) in [5.74, 6) is 0.664. The van der Waals surface area contributed by atoms with Crippen molar-refractivity contribution in [3.8, 4) is 0 Å². The van der Waals surface area contributed by atoms with Crippen molar-refractivity contribution in [1.82, 2.24) is 29.0 Å². The number of rotatable bonds is 3. The SMILES string of the molecule is CC(C)(C)OC(=O)N1CCC(n2cc(Nc3ncc(Br)n4ccnc34)cn2)CC1. The zero-order valence-electron chi connectivity index (χ0n) is 16.7. The first kappa shape index (κ1) is 19.7. The number of carbonyl (C=O) groups is 1. The normalized spacial score (nSPS) is 15.7. The van der Waals surface area contributed by atoms with Gasteiger partial charge >= 0.3 is 6.09 Å². The number of fused-ring (bicyclic) bond motifs is 1. The van der Waals surface area contributed by atoms with Gasteiger partial charge in [-0.1, -0.05) is 0 Å². The second kappa shape index (κ2) is 7.66. The maximum atomic E-state index is 12.2. The van der Waals surface area contributed by atoms with Crippen LogP contribution in [0.15, 0.2) is 35.6 Å². The van der Waals surface area contributed by atoms with Gasteiger partial charge in [-0.2, -0.15) is 5.10 Å². The van der Waals surface area contributed by atoms with Gasteiger partial charge in [0.15, 0.2) is 11.5 Å². The van der Waals surface area contributed by atoms with E-state index in [2.05, 4.69) is 36.3 Å². The molecule has 0 aliphatic carbocycles. The van der Waals surface area contributed by atoms with Crippen LogP contribution in [0.25, 0.3) is 5.65 Å². The van der Waals surface area contributed by atoms with Crippen molar-refractivity contribution in [3.05, 3.63) is 35.6 Å². The Labute approximate surface area is 177 Å². The first-order valence-corrected chi connectivity index (χ1v) is 10.4. The third kappa shape index (κ3) is 4.36. The summed E-state index contributed by atoms with van der Waals surface area (Å²) in [5.41, 5.74) is 1.11. The molecule has 10 heteroatoms. The van der Waals surface area contributed by atoms with Crippen LogP contribution in [0, 0.1) is 0 Å². The number of ether oxygens (including phenoxy) is 1. The standard InChI is InChI=1S/C19H24BrN7O2/c1-19(2,3)29-18(28)25-7-4-14(5-8-25)27-12-13(10-23-27)24-16-17-21-6-9-26(17)15(20)11-22-16/h6,9-12,14H,4-5,7-8H2,1-3H3,(H,22,24). The predicted octanol–water partition coefficient (Wildman–Crippen LogP) is 4.00. The highest BCUT2D eigenvalue weighted by molar-refractivity contribution is 9.10. The summed E-state index contributed by atoms with van der Waals surface area (Å²) in [5, 5.41) is 7.80. The fourth-order valence-electron chi connectivity index (χ4n) is 3.36. The maximum Gasteiger partial charge on any atom is 0.410 e. The van der Waals surface area contributed by atoms with Crippen LogP contribution in [0.1, 0.15) is 39.7 Å². The Morgan fingerprint density at radius 2 is 2.00 bits per heavy atom. The zero-order chi connectivity index (χ0) is 20.6. The summed E-state index contributed by atoms with van der Waals surface area (Å²) in [6, 6.07) is 0.244. The second-order valence-electron chi connectivity index (χ2n) is 8.08. The second-order valence-corrected chi connectivity index (χ2v) is 8.90. The van der Waals surface area contributed by atoms with E-state index in [-0.39, 0.29) is 12.1 Å². The molecule has 0 saturated carbocycles. The quantitative estimate of drug-likeness (QED) is 0.633. The van der Waals surface area contributed by atoms with Crippen LogP contribution in [0.3, 0.4) is 0 Å². The Morgan fingerprint density at radius 3 is 2.72 bits per heavy atom. The number of carbonyl (C=O) groups excluding carboxylic acids is 1. The molecule has 4 rings (SSSR count). The van der Waals surface area contributed by atoms with E-state index < -0.39 is 5.60 Å². The maximum absolute atomic E-state index is 12.2. The number of amides is 1. The van der Waals surface area contributed by atoms with Crippen LogP contribution >= 0.6 is 15.9 Å². The van der Waals surface area contributed by atoms with E-state index in [1.807, 2.05) is 42.2 Å². The first-order valence-electron chi connectivity index (χ1n) is 9.57. The Bertz CT molecular complexity index is 1020. The lowest BCUT2D eigenvalue weighted by atomic mass is 10.1. The molecule has 0 radical (unpaired) electrons. The molecule has 0 spiro atoms. The number of hydrogen-bond donors (Lipinski definition) is 1. The molecule has 0 bridgehead atoms. The van der Waals surface area contributed by atoms with E-state index in [1.54, 1.807) is 23.5 Å². The number of imidazole rings is 1. The molecule has 1 fully saturated rings. The molecule has 4 heterocycles. The van der Waals surface area contributed by atoms with Crippen LogP contribution in [-0.4, -0.2) is 53.8 Å². The summed E-state index contributed by atoms with van der Waals surface area (Å²) in [4.78, 5) is 22.8. The monoisotopic (exact) mass is 461 g/mol. The number of anilines is 2. The molecule has 1 amide bonds. The van der Waals surface area contributed by atoms with Crippen LogP contribution < -0.4 is 5.32 Å². The lowest BCUT2D eigenvalue weighted by Gasteiger charge is -2.33. The zero-order valence-corrected chi connectivity index (χ0v) is 18.3. The van der Waals surface area contributed by atoms with Gasteiger partial charge in [0.25, 0.3) is 0 Å². The number of piperidine rings is 1. The molecule has 1 N–H and O–H groups in total. The van der Waals surface area contributed by atoms with Crippen molar-refractivity contribution >= 4 is 39.2 Å². The molecule has 3 aromatic rings. The third-order valence-electron chi connectivity index (χ3n) is 4.74. The predicted molar refractivity (Wildman–Crippen MR) is 112 cm³/mol. The molecule has 0 aromatic carbocycles. The average molecular weight is 462 g/mol. The van der Waals surface area contributed by atoms with Gasteiger partial charge in [-0.3, -0.25) is 9.08 Å². The molecular formula is C19H24BrN7O2. The van der Waals surface area contributed by atoms with Crippen molar-refractivity contribution in [3.63, 3.8) is 0 Å². The minimum Gasteiger partial charge on any atom is -0.444 e. The average Bonchev–Trinajstić information content (AvgIpc) is 3.33. The molecule has 29 heavy (non-hydrogen) atoms. The first-order chi connectivity index (χ1) is 13.8.